The van der Waals surface area contributed by atoms with Gasteiger partial charge in [-0.1, -0.05) is 53.6 Å². The number of imide groups is 1. The van der Waals surface area contributed by atoms with E-state index >= 15 is 0 Å². The summed E-state index contributed by atoms with van der Waals surface area (Å²) in [6.07, 6.45) is 1.50. The van der Waals surface area contributed by atoms with Gasteiger partial charge in [-0.2, -0.15) is 0 Å². The van der Waals surface area contributed by atoms with Crippen molar-refractivity contribution in [3.8, 4) is 0 Å². The summed E-state index contributed by atoms with van der Waals surface area (Å²) in [6, 6.07) is 15.2. The van der Waals surface area contributed by atoms with E-state index < -0.39 is 0 Å². The van der Waals surface area contributed by atoms with E-state index in [1.54, 1.807) is 12.1 Å². The van der Waals surface area contributed by atoms with Gasteiger partial charge in [0.2, 0.25) is 5.91 Å². The van der Waals surface area contributed by atoms with Crippen LogP contribution in [0, 0.1) is 12.8 Å². The van der Waals surface area contributed by atoms with Crippen LogP contribution in [0.5, 0.6) is 0 Å². The van der Waals surface area contributed by atoms with Crippen LogP contribution in [0.15, 0.2) is 48.5 Å². The molecule has 0 spiro atoms. The molecule has 2 saturated heterocycles. The second-order valence-electron chi connectivity index (χ2n) is 7.59. The lowest BCUT2D eigenvalue weighted by molar-refractivity contribution is -0.142. The minimum Gasteiger partial charge on any atom is -0.304 e. The molecule has 2 heterocycles. The zero-order valence-corrected chi connectivity index (χ0v) is 16.7. The maximum Gasteiger partial charge on any atom is 0.328 e. The topological polar surface area (TPSA) is 52.7 Å². The molecule has 2 aromatic rings. The van der Waals surface area contributed by atoms with Crippen molar-refractivity contribution in [2.75, 3.05) is 6.54 Å². The van der Waals surface area contributed by atoms with E-state index in [9.17, 15) is 9.59 Å². The van der Waals surface area contributed by atoms with Crippen molar-refractivity contribution in [1.29, 1.82) is 0 Å². The minimum absolute atomic E-state index is 0.0858. The molecule has 2 aliphatic heterocycles. The fourth-order valence-electron chi connectivity index (χ4n) is 4.00. The van der Waals surface area contributed by atoms with Gasteiger partial charge >= 0.3 is 6.03 Å². The summed E-state index contributed by atoms with van der Waals surface area (Å²) in [5, 5.41) is 4.03. The van der Waals surface area contributed by atoms with E-state index in [0.29, 0.717) is 11.6 Å². The number of rotatable bonds is 4. The van der Waals surface area contributed by atoms with Gasteiger partial charge in [0.05, 0.1) is 18.6 Å². The average Bonchev–Trinajstić information content (AvgIpc) is 2.71. The molecule has 1 N–H and O–H groups in total. The second kappa shape index (κ2) is 7.94. The van der Waals surface area contributed by atoms with Crippen LogP contribution in [-0.2, 0) is 17.9 Å². The van der Waals surface area contributed by atoms with Gasteiger partial charge < -0.3 is 4.90 Å². The summed E-state index contributed by atoms with van der Waals surface area (Å²) in [4.78, 5) is 29.6. The van der Waals surface area contributed by atoms with Gasteiger partial charge in [0.25, 0.3) is 0 Å². The van der Waals surface area contributed by atoms with Crippen molar-refractivity contribution in [3.05, 3.63) is 70.2 Å². The number of aryl methyl sites for hydroxylation is 1. The van der Waals surface area contributed by atoms with Crippen LogP contribution in [0.25, 0.3) is 0 Å². The molecule has 2 fully saturated rings. The van der Waals surface area contributed by atoms with Crippen molar-refractivity contribution in [1.82, 2.24) is 15.1 Å². The summed E-state index contributed by atoms with van der Waals surface area (Å²) in [5.74, 6) is -0.290. The summed E-state index contributed by atoms with van der Waals surface area (Å²) >= 11 is 5.96. The molecule has 0 aromatic heterocycles. The predicted molar refractivity (Wildman–Crippen MR) is 109 cm³/mol. The highest BCUT2D eigenvalue weighted by Crippen LogP contribution is 2.30. The Labute approximate surface area is 170 Å². The first-order chi connectivity index (χ1) is 13.5. The van der Waals surface area contributed by atoms with Crippen LogP contribution < -0.4 is 5.32 Å². The molecule has 2 aromatic carbocycles. The zero-order valence-electron chi connectivity index (χ0n) is 15.9. The maximum absolute atomic E-state index is 13.3. The Bertz CT molecular complexity index is 866. The van der Waals surface area contributed by atoms with Gasteiger partial charge in [0, 0.05) is 11.6 Å². The molecule has 2 atom stereocenters. The van der Waals surface area contributed by atoms with E-state index in [1.807, 2.05) is 48.2 Å². The van der Waals surface area contributed by atoms with Crippen molar-refractivity contribution < 1.29 is 9.59 Å². The summed E-state index contributed by atoms with van der Waals surface area (Å²) in [7, 11) is 0. The molecule has 5 nitrogen and oxygen atoms in total. The van der Waals surface area contributed by atoms with Crippen LogP contribution in [0.1, 0.15) is 29.5 Å². The summed E-state index contributed by atoms with van der Waals surface area (Å²) in [6.45, 7) is 3.62. The van der Waals surface area contributed by atoms with Gasteiger partial charge in [-0.3, -0.25) is 15.0 Å². The molecular formula is C22H24ClN3O2. The monoisotopic (exact) mass is 397 g/mol. The van der Waals surface area contributed by atoms with Crippen molar-refractivity contribution in [2.24, 2.45) is 5.92 Å². The molecule has 28 heavy (non-hydrogen) atoms. The lowest BCUT2D eigenvalue weighted by atomic mass is 9.91. The van der Waals surface area contributed by atoms with Gasteiger partial charge in [-0.05, 0) is 49.6 Å². The Hall–Kier alpha value is -2.37. The highest BCUT2D eigenvalue weighted by atomic mass is 35.5. The van der Waals surface area contributed by atoms with E-state index in [0.717, 1.165) is 30.5 Å². The van der Waals surface area contributed by atoms with Crippen LogP contribution in [0.3, 0.4) is 0 Å². The Morgan fingerprint density at radius 2 is 1.64 bits per heavy atom. The van der Waals surface area contributed by atoms with Gasteiger partial charge in [-0.15, -0.1) is 0 Å². The largest absolute Gasteiger partial charge is 0.328 e. The Kier molecular flexibility index (Phi) is 5.38. The number of amides is 3. The second-order valence-corrected chi connectivity index (χ2v) is 8.03. The van der Waals surface area contributed by atoms with Crippen molar-refractivity contribution in [2.45, 2.75) is 39.0 Å². The molecule has 0 radical (unpaired) electrons. The van der Waals surface area contributed by atoms with E-state index in [1.165, 1.54) is 10.5 Å². The standard InChI is InChI=1S/C22H24ClN3O2/c1-15-4-6-16(7-5-15)13-25-20-19(3-2-12-24-20)21(27)26(22(25)28)14-17-8-10-18(23)11-9-17/h4-11,19-20,24H,2-3,12-14H2,1H3. The summed E-state index contributed by atoms with van der Waals surface area (Å²) < 4.78 is 0. The highest BCUT2D eigenvalue weighted by Gasteiger charge is 2.46. The average molecular weight is 398 g/mol. The lowest BCUT2D eigenvalue weighted by Gasteiger charge is -2.47. The third kappa shape index (κ3) is 3.77. The van der Waals surface area contributed by atoms with Crippen molar-refractivity contribution in [3.63, 3.8) is 0 Å². The maximum atomic E-state index is 13.3. The third-order valence-electron chi connectivity index (χ3n) is 5.55. The fourth-order valence-corrected chi connectivity index (χ4v) is 4.13. The first-order valence-corrected chi connectivity index (χ1v) is 10.1. The molecule has 6 heteroatoms. The SMILES string of the molecule is Cc1ccc(CN2C(=O)N(Cc3ccc(Cl)cc3)C(=O)C3CCCNC32)cc1. The molecule has 0 aliphatic carbocycles. The quantitative estimate of drug-likeness (QED) is 0.850. The third-order valence-corrected chi connectivity index (χ3v) is 5.80. The minimum atomic E-state index is -0.240. The Balaban J connectivity index is 1.61. The first kappa shape index (κ1) is 19.0. The van der Waals surface area contributed by atoms with Gasteiger partial charge in [-0.25, -0.2) is 4.79 Å². The Morgan fingerprint density at radius 3 is 2.36 bits per heavy atom. The van der Waals surface area contributed by atoms with E-state index in [2.05, 4.69) is 5.32 Å². The number of benzene rings is 2. The highest BCUT2D eigenvalue weighted by molar-refractivity contribution is 6.30. The molecule has 146 valence electrons. The lowest BCUT2D eigenvalue weighted by Crippen LogP contribution is -2.66. The number of nitrogens with one attached hydrogen (secondary N) is 1. The molecule has 2 unspecified atom stereocenters. The number of halogens is 1. The summed E-state index contributed by atoms with van der Waals surface area (Å²) in [5.41, 5.74) is 3.14. The van der Waals surface area contributed by atoms with Crippen LogP contribution in [-0.4, -0.2) is 34.4 Å². The molecular weight excluding hydrogens is 374 g/mol. The molecule has 0 saturated carbocycles. The number of carbonyl (C=O) groups excluding carboxylic acids is 2. The molecule has 4 rings (SSSR count). The predicted octanol–water partition coefficient (Wildman–Crippen LogP) is 3.94. The smallest absolute Gasteiger partial charge is 0.304 e. The number of piperidine rings is 1. The fraction of sp³-hybridized carbons (Fsp3) is 0.364. The number of hydrogen-bond donors (Lipinski definition) is 1. The molecule has 0 bridgehead atoms. The number of fused-ring (bicyclic) bond motifs is 1. The van der Waals surface area contributed by atoms with Crippen LogP contribution in [0.2, 0.25) is 5.02 Å². The van der Waals surface area contributed by atoms with Crippen LogP contribution >= 0.6 is 11.6 Å². The zero-order chi connectivity index (χ0) is 19.7. The number of nitrogens with zero attached hydrogens (tertiary/aromatic N) is 2. The number of urea groups is 1. The first-order valence-electron chi connectivity index (χ1n) is 9.68. The normalized spacial score (nSPS) is 22.4. The Morgan fingerprint density at radius 1 is 1.00 bits per heavy atom. The van der Waals surface area contributed by atoms with Crippen molar-refractivity contribution >= 4 is 23.5 Å². The number of hydrogen-bond acceptors (Lipinski definition) is 3. The molecule has 2 aliphatic rings. The number of carbonyl (C=O) groups is 2. The van der Waals surface area contributed by atoms with E-state index in [4.69, 9.17) is 11.6 Å². The van der Waals surface area contributed by atoms with Gasteiger partial charge in [0.1, 0.15) is 0 Å². The van der Waals surface area contributed by atoms with E-state index in [-0.39, 0.29) is 30.6 Å². The van der Waals surface area contributed by atoms with Crippen LogP contribution in [0.4, 0.5) is 4.79 Å². The molecule has 3 amide bonds. The van der Waals surface area contributed by atoms with Gasteiger partial charge in [0.15, 0.2) is 0 Å².